The highest BCUT2D eigenvalue weighted by Gasteiger charge is 2.47. The van der Waals surface area contributed by atoms with Gasteiger partial charge in [-0.3, -0.25) is 19.6 Å². The lowest BCUT2D eigenvalue weighted by Crippen LogP contribution is -2.34. The summed E-state index contributed by atoms with van der Waals surface area (Å²) in [6, 6.07) is 77.0. The molecule has 0 saturated heterocycles. The molecule has 6 heterocycles. The van der Waals surface area contributed by atoms with Crippen molar-refractivity contribution in [3.63, 3.8) is 0 Å². The van der Waals surface area contributed by atoms with Crippen molar-refractivity contribution in [2.24, 2.45) is 0 Å². The second-order valence-corrected chi connectivity index (χ2v) is 17.8. The molecule has 0 aliphatic carbocycles. The van der Waals surface area contributed by atoms with E-state index in [2.05, 4.69) is 266 Å². The number of anilines is 8. The fourth-order valence-corrected chi connectivity index (χ4v) is 9.89. The fourth-order valence-electron chi connectivity index (χ4n) is 9.89. The van der Waals surface area contributed by atoms with Crippen molar-refractivity contribution in [3.05, 3.63) is 253 Å². The van der Waals surface area contributed by atoms with E-state index in [0.29, 0.717) is 0 Å². The van der Waals surface area contributed by atoms with Crippen LogP contribution in [-0.4, -0.2) is 19.9 Å². The molecule has 10 aromatic rings. The second kappa shape index (κ2) is 17.5. The van der Waals surface area contributed by atoms with Crippen molar-refractivity contribution in [2.75, 3.05) is 19.6 Å². The molecule has 70 heavy (non-hydrogen) atoms. The van der Waals surface area contributed by atoms with Crippen LogP contribution in [0.15, 0.2) is 230 Å². The van der Waals surface area contributed by atoms with Crippen LogP contribution < -0.4 is 19.6 Å². The van der Waals surface area contributed by atoms with E-state index >= 15 is 0 Å². The van der Waals surface area contributed by atoms with E-state index in [1.165, 1.54) is 0 Å². The summed E-state index contributed by atoms with van der Waals surface area (Å²) in [6.07, 6.45) is 0. The van der Waals surface area contributed by atoms with Gasteiger partial charge in [0.1, 0.15) is 23.3 Å². The molecule has 12 rings (SSSR count). The quantitative estimate of drug-likeness (QED) is 0.149. The zero-order valence-corrected chi connectivity index (χ0v) is 39.4. The lowest BCUT2D eigenvalue weighted by Gasteiger charge is -2.33. The number of hydrogen-bond donors (Lipinski definition) is 0. The predicted molar refractivity (Wildman–Crippen MR) is 286 cm³/mol. The Balaban J connectivity index is 1.27. The smallest absolute Gasteiger partial charge is 0.168 e. The summed E-state index contributed by atoms with van der Waals surface area (Å²) in [7, 11) is 0. The second-order valence-electron chi connectivity index (χ2n) is 17.8. The van der Waals surface area contributed by atoms with E-state index < -0.39 is 0 Å². The molecule has 0 bridgehead atoms. The number of fused-ring (bicyclic) bond motifs is 2. The third kappa shape index (κ3) is 7.43. The van der Waals surface area contributed by atoms with Gasteiger partial charge in [0.2, 0.25) is 0 Å². The standard InChI is InChI=1S/C62H48N8/c1-41-21-17-33-57(63-41)67-53-37-49(45-25-9-5-10-26-45)50(46-27-11-6-12-28-46)38-54(53)68(58-34-18-22-42(2)64-58)61(67)62-69(59-35-19-23-43(3)65-59)55-39-51(47-29-13-7-14-30-47)52(48-31-15-8-16-32-48)40-56(55)70(62)60-36-20-24-44(4)66-60/h5-40H,1-4H3. The van der Waals surface area contributed by atoms with Crippen LogP contribution in [0.2, 0.25) is 0 Å². The molecule has 0 saturated carbocycles. The van der Waals surface area contributed by atoms with Gasteiger partial charge in [-0.15, -0.1) is 0 Å². The molecule has 336 valence electrons. The van der Waals surface area contributed by atoms with Gasteiger partial charge in [-0.2, -0.15) is 0 Å². The summed E-state index contributed by atoms with van der Waals surface area (Å²) in [6.45, 7) is 8.20. The van der Waals surface area contributed by atoms with Crippen LogP contribution in [0.3, 0.4) is 0 Å². The van der Waals surface area contributed by atoms with Crippen molar-refractivity contribution < 1.29 is 0 Å². The number of benzene rings is 6. The van der Waals surface area contributed by atoms with Gasteiger partial charge in [-0.1, -0.05) is 146 Å². The summed E-state index contributed by atoms with van der Waals surface area (Å²) in [5.41, 5.74) is 16.2. The van der Waals surface area contributed by atoms with E-state index in [4.69, 9.17) is 19.9 Å². The molecule has 4 aromatic heterocycles. The molecule has 0 fully saturated rings. The van der Waals surface area contributed by atoms with Crippen LogP contribution in [0.1, 0.15) is 22.8 Å². The van der Waals surface area contributed by atoms with Crippen LogP contribution >= 0.6 is 0 Å². The number of aryl methyl sites for hydroxylation is 4. The first-order chi connectivity index (χ1) is 34.4. The number of aromatic nitrogens is 4. The summed E-state index contributed by atoms with van der Waals surface area (Å²) in [4.78, 5) is 30.7. The van der Waals surface area contributed by atoms with Crippen molar-refractivity contribution in [1.29, 1.82) is 0 Å². The molecule has 0 atom stereocenters. The summed E-state index contributed by atoms with van der Waals surface area (Å²) in [5.74, 6) is 4.63. The van der Waals surface area contributed by atoms with Gasteiger partial charge in [0, 0.05) is 22.8 Å². The Labute approximate surface area is 408 Å². The topological polar surface area (TPSA) is 64.5 Å². The molecule has 8 heteroatoms. The van der Waals surface area contributed by atoms with Crippen LogP contribution in [0, 0.1) is 27.7 Å². The first-order valence-corrected chi connectivity index (χ1v) is 23.7. The molecule has 8 nitrogen and oxygen atoms in total. The van der Waals surface area contributed by atoms with E-state index in [0.717, 1.165) is 125 Å². The van der Waals surface area contributed by atoms with Gasteiger partial charge in [-0.05, 0) is 145 Å². The van der Waals surface area contributed by atoms with Gasteiger partial charge < -0.3 is 0 Å². The molecule has 0 amide bonds. The molecular formula is C62H48N8. The van der Waals surface area contributed by atoms with E-state index in [1.54, 1.807) is 0 Å². The molecule has 6 aromatic carbocycles. The highest BCUT2D eigenvalue weighted by Crippen LogP contribution is 2.59. The minimum Gasteiger partial charge on any atom is -0.275 e. The first-order valence-electron chi connectivity index (χ1n) is 23.7. The van der Waals surface area contributed by atoms with Gasteiger partial charge in [0.25, 0.3) is 0 Å². The Morgan fingerprint density at radius 2 is 0.457 bits per heavy atom. The lowest BCUT2D eigenvalue weighted by atomic mass is 9.93. The highest BCUT2D eigenvalue weighted by atomic mass is 15.5. The SMILES string of the molecule is Cc1cccc(N2C(=C3N(c4cccc(C)n4)c4cc(-c5ccccc5)c(-c5ccccc5)cc4N3c3cccc(C)n3)N(c3cccc(C)n3)c3cc(-c4ccccc4)c(-c4ccccc4)cc32)n1. The van der Waals surface area contributed by atoms with Gasteiger partial charge >= 0.3 is 0 Å². The Morgan fingerprint density at radius 3 is 0.657 bits per heavy atom. The van der Waals surface area contributed by atoms with E-state index in [-0.39, 0.29) is 0 Å². The monoisotopic (exact) mass is 904 g/mol. The van der Waals surface area contributed by atoms with Gasteiger partial charge in [0.05, 0.1) is 22.7 Å². The summed E-state index contributed by atoms with van der Waals surface area (Å²) in [5, 5.41) is 0. The minimum absolute atomic E-state index is 0.755. The molecule has 0 spiro atoms. The van der Waals surface area contributed by atoms with Crippen molar-refractivity contribution in [2.45, 2.75) is 27.7 Å². The summed E-state index contributed by atoms with van der Waals surface area (Å²) < 4.78 is 0. The molecule has 0 N–H and O–H groups in total. The van der Waals surface area contributed by atoms with Crippen molar-refractivity contribution >= 4 is 46.0 Å². The van der Waals surface area contributed by atoms with Crippen LogP contribution in [0.4, 0.5) is 46.0 Å². The van der Waals surface area contributed by atoms with E-state index in [9.17, 15) is 0 Å². The van der Waals surface area contributed by atoms with Crippen LogP contribution in [0.25, 0.3) is 44.5 Å². The van der Waals surface area contributed by atoms with E-state index in [1.807, 2.05) is 0 Å². The van der Waals surface area contributed by atoms with Crippen molar-refractivity contribution in [3.8, 4) is 44.5 Å². The number of hydrogen-bond acceptors (Lipinski definition) is 8. The predicted octanol–water partition coefficient (Wildman–Crippen LogP) is 15.6. The Kier molecular flexibility index (Phi) is 10.6. The first kappa shape index (κ1) is 42.2. The number of nitrogens with zero attached hydrogens (tertiary/aromatic N) is 8. The van der Waals surface area contributed by atoms with Crippen LogP contribution in [0.5, 0.6) is 0 Å². The Bertz CT molecular complexity index is 3140. The van der Waals surface area contributed by atoms with Gasteiger partial charge in [-0.25, -0.2) is 19.9 Å². The normalized spacial score (nSPS) is 13.0. The van der Waals surface area contributed by atoms with Crippen molar-refractivity contribution in [1.82, 2.24) is 19.9 Å². The maximum Gasteiger partial charge on any atom is 0.168 e. The Hall–Kier alpha value is -9.14. The highest BCUT2D eigenvalue weighted by molar-refractivity contribution is 6.04. The largest absolute Gasteiger partial charge is 0.275 e. The minimum atomic E-state index is 0.755. The molecular weight excluding hydrogens is 857 g/mol. The molecule has 0 radical (unpaired) electrons. The third-order valence-electron chi connectivity index (χ3n) is 13.0. The third-order valence-corrected chi connectivity index (χ3v) is 13.0. The molecule has 2 aliphatic rings. The molecule has 0 unspecified atom stereocenters. The zero-order valence-electron chi connectivity index (χ0n) is 39.4. The zero-order chi connectivity index (χ0) is 47.3. The Morgan fingerprint density at radius 1 is 0.243 bits per heavy atom. The number of pyridine rings is 4. The van der Waals surface area contributed by atoms with Gasteiger partial charge in [0.15, 0.2) is 11.6 Å². The number of rotatable bonds is 8. The lowest BCUT2D eigenvalue weighted by molar-refractivity contribution is 0.953. The maximum absolute atomic E-state index is 5.36. The average molecular weight is 905 g/mol. The average Bonchev–Trinajstić information content (AvgIpc) is 3.91. The summed E-state index contributed by atoms with van der Waals surface area (Å²) >= 11 is 0. The van der Waals surface area contributed by atoms with Crippen LogP contribution in [-0.2, 0) is 0 Å². The maximum atomic E-state index is 5.36. The fraction of sp³-hybridized carbons (Fsp3) is 0.0645. The molecule has 2 aliphatic heterocycles.